The van der Waals surface area contributed by atoms with Crippen molar-refractivity contribution in [3.63, 3.8) is 0 Å². The van der Waals surface area contributed by atoms with Crippen LogP contribution in [0.5, 0.6) is 0 Å². The van der Waals surface area contributed by atoms with Crippen LogP contribution in [-0.4, -0.2) is 17.4 Å². The monoisotopic (exact) mass is 191 g/mol. The molecule has 0 aromatic carbocycles. The molecule has 3 N–H and O–H groups in total. The maximum absolute atomic E-state index is 10.9. The molecule has 4 nitrogen and oxygen atoms in total. The standard InChI is InChI=1S/C10H13N3O/c11-10(14)9-4-1-3-8(13-9)7-5-2-6-12-7/h1,3-4,7,12H,2,5-6H2,(H2,11,14). The summed E-state index contributed by atoms with van der Waals surface area (Å²) in [6, 6.07) is 5.67. The van der Waals surface area contributed by atoms with E-state index in [1.807, 2.05) is 12.1 Å². The number of amides is 1. The van der Waals surface area contributed by atoms with Crippen molar-refractivity contribution in [2.75, 3.05) is 6.54 Å². The second kappa shape index (κ2) is 3.75. The van der Waals surface area contributed by atoms with Crippen LogP contribution in [0.25, 0.3) is 0 Å². The van der Waals surface area contributed by atoms with Crippen LogP contribution in [0.15, 0.2) is 18.2 Å². The Labute approximate surface area is 82.5 Å². The molecule has 0 saturated carbocycles. The van der Waals surface area contributed by atoms with Crippen molar-refractivity contribution in [2.45, 2.75) is 18.9 Å². The zero-order chi connectivity index (χ0) is 9.97. The number of hydrogen-bond donors (Lipinski definition) is 2. The minimum absolute atomic E-state index is 0.286. The molecule has 4 heteroatoms. The van der Waals surface area contributed by atoms with Crippen LogP contribution in [0.2, 0.25) is 0 Å². The molecule has 1 aromatic heterocycles. The summed E-state index contributed by atoms with van der Waals surface area (Å²) in [5.74, 6) is -0.468. The Hall–Kier alpha value is -1.42. The number of pyridine rings is 1. The topological polar surface area (TPSA) is 68.0 Å². The summed E-state index contributed by atoms with van der Waals surface area (Å²) in [5.41, 5.74) is 6.42. The highest BCUT2D eigenvalue weighted by molar-refractivity contribution is 5.90. The van der Waals surface area contributed by atoms with Crippen molar-refractivity contribution in [1.82, 2.24) is 10.3 Å². The van der Waals surface area contributed by atoms with Crippen molar-refractivity contribution in [2.24, 2.45) is 5.73 Å². The van der Waals surface area contributed by atoms with Gasteiger partial charge < -0.3 is 11.1 Å². The fourth-order valence-electron chi connectivity index (χ4n) is 1.72. The largest absolute Gasteiger partial charge is 0.364 e. The molecule has 1 amide bonds. The highest BCUT2D eigenvalue weighted by Gasteiger charge is 2.17. The van der Waals surface area contributed by atoms with Gasteiger partial charge in [0.15, 0.2) is 0 Å². The average molecular weight is 191 g/mol. The van der Waals surface area contributed by atoms with Gasteiger partial charge in [-0.05, 0) is 31.5 Å². The molecule has 0 radical (unpaired) electrons. The fraction of sp³-hybridized carbons (Fsp3) is 0.400. The fourth-order valence-corrected chi connectivity index (χ4v) is 1.72. The van der Waals surface area contributed by atoms with E-state index in [4.69, 9.17) is 5.73 Å². The third-order valence-corrected chi connectivity index (χ3v) is 2.44. The summed E-state index contributed by atoms with van der Waals surface area (Å²) in [4.78, 5) is 15.1. The normalized spacial score (nSPS) is 21.0. The van der Waals surface area contributed by atoms with E-state index in [1.165, 1.54) is 0 Å². The van der Waals surface area contributed by atoms with Gasteiger partial charge in [-0.3, -0.25) is 4.79 Å². The number of nitrogens with one attached hydrogen (secondary N) is 1. The van der Waals surface area contributed by atoms with Crippen molar-refractivity contribution < 1.29 is 4.79 Å². The molecule has 2 heterocycles. The maximum Gasteiger partial charge on any atom is 0.267 e. The van der Waals surface area contributed by atoms with E-state index in [1.54, 1.807) is 6.07 Å². The Balaban J connectivity index is 2.25. The molecule has 2 rings (SSSR count). The van der Waals surface area contributed by atoms with Gasteiger partial charge in [0.25, 0.3) is 5.91 Å². The quantitative estimate of drug-likeness (QED) is 0.719. The molecule has 74 valence electrons. The van der Waals surface area contributed by atoms with E-state index in [-0.39, 0.29) is 6.04 Å². The lowest BCUT2D eigenvalue weighted by Crippen LogP contribution is -2.18. The number of nitrogens with two attached hydrogens (primary N) is 1. The Bertz CT molecular complexity index is 345. The predicted molar refractivity (Wildman–Crippen MR) is 52.7 cm³/mol. The highest BCUT2D eigenvalue weighted by atomic mass is 16.1. The summed E-state index contributed by atoms with van der Waals surface area (Å²) in [6.07, 6.45) is 2.24. The first kappa shape index (κ1) is 9.15. The van der Waals surface area contributed by atoms with Crippen molar-refractivity contribution in [3.8, 4) is 0 Å². The van der Waals surface area contributed by atoms with Crippen LogP contribution >= 0.6 is 0 Å². The van der Waals surface area contributed by atoms with Gasteiger partial charge in [0.05, 0.1) is 5.69 Å². The van der Waals surface area contributed by atoms with E-state index in [0.29, 0.717) is 5.69 Å². The van der Waals surface area contributed by atoms with Crippen LogP contribution in [0.4, 0.5) is 0 Å². The molecule has 1 atom stereocenters. The first-order chi connectivity index (χ1) is 6.77. The molecule has 1 aliphatic heterocycles. The summed E-state index contributed by atoms with van der Waals surface area (Å²) < 4.78 is 0. The van der Waals surface area contributed by atoms with Crippen molar-refractivity contribution >= 4 is 5.91 Å². The molecule has 1 aromatic rings. The van der Waals surface area contributed by atoms with Crippen molar-refractivity contribution in [3.05, 3.63) is 29.6 Å². The lowest BCUT2D eigenvalue weighted by atomic mass is 10.1. The second-order valence-electron chi connectivity index (χ2n) is 3.46. The predicted octanol–water partition coefficient (Wildman–Crippen LogP) is 0.605. The van der Waals surface area contributed by atoms with Crippen LogP contribution in [0.1, 0.15) is 35.1 Å². The van der Waals surface area contributed by atoms with Gasteiger partial charge >= 0.3 is 0 Å². The number of nitrogens with zero attached hydrogens (tertiary/aromatic N) is 1. The summed E-state index contributed by atoms with van der Waals surface area (Å²) in [7, 11) is 0. The van der Waals surface area contributed by atoms with Crippen LogP contribution < -0.4 is 11.1 Å². The molecule has 1 unspecified atom stereocenters. The maximum atomic E-state index is 10.9. The summed E-state index contributed by atoms with van der Waals surface area (Å²) in [5, 5.41) is 3.32. The first-order valence-corrected chi connectivity index (χ1v) is 4.77. The molecule has 1 fully saturated rings. The van der Waals surface area contributed by atoms with E-state index in [9.17, 15) is 4.79 Å². The Morgan fingerprint density at radius 2 is 2.43 bits per heavy atom. The number of carbonyl (C=O) groups excluding carboxylic acids is 1. The molecule has 0 aliphatic carbocycles. The van der Waals surface area contributed by atoms with Crippen LogP contribution in [0, 0.1) is 0 Å². The smallest absolute Gasteiger partial charge is 0.267 e. The van der Waals surface area contributed by atoms with Gasteiger partial charge in [0.2, 0.25) is 0 Å². The van der Waals surface area contributed by atoms with E-state index < -0.39 is 5.91 Å². The minimum Gasteiger partial charge on any atom is -0.364 e. The third-order valence-electron chi connectivity index (χ3n) is 2.44. The minimum atomic E-state index is -0.468. The van der Waals surface area contributed by atoms with Gasteiger partial charge in [-0.1, -0.05) is 6.07 Å². The van der Waals surface area contributed by atoms with Gasteiger partial charge in [0, 0.05) is 6.04 Å². The third kappa shape index (κ3) is 1.75. The van der Waals surface area contributed by atoms with E-state index >= 15 is 0 Å². The van der Waals surface area contributed by atoms with E-state index in [0.717, 1.165) is 25.1 Å². The Kier molecular flexibility index (Phi) is 2.45. The van der Waals surface area contributed by atoms with E-state index in [2.05, 4.69) is 10.3 Å². The number of hydrogen-bond acceptors (Lipinski definition) is 3. The molecular weight excluding hydrogens is 178 g/mol. The summed E-state index contributed by atoms with van der Waals surface area (Å²) >= 11 is 0. The SMILES string of the molecule is NC(=O)c1cccc(C2CCCN2)n1. The second-order valence-corrected chi connectivity index (χ2v) is 3.46. The van der Waals surface area contributed by atoms with Gasteiger partial charge in [-0.25, -0.2) is 4.98 Å². The average Bonchev–Trinajstić information content (AvgIpc) is 2.71. The number of carbonyl (C=O) groups is 1. The molecular formula is C10H13N3O. The van der Waals surface area contributed by atoms with Gasteiger partial charge in [-0.15, -0.1) is 0 Å². The highest BCUT2D eigenvalue weighted by Crippen LogP contribution is 2.20. The number of aromatic nitrogens is 1. The zero-order valence-corrected chi connectivity index (χ0v) is 7.86. The molecule has 0 spiro atoms. The molecule has 1 aliphatic rings. The molecule has 1 saturated heterocycles. The molecule has 14 heavy (non-hydrogen) atoms. The number of rotatable bonds is 2. The van der Waals surface area contributed by atoms with Crippen LogP contribution in [-0.2, 0) is 0 Å². The van der Waals surface area contributed by atoms with Crippen LogP contribution in [0.3, 0.4) is 0 Å². The Morgan fingerprint density at radius 3 is 3.07 bits per heavy atom. The lowest BCUT2D eigenvalue weighted by Gasteiger charge is -2.09. The number of primary amides is 1. The van der Waals surface area contributed by atoms with Gasteiger partial charge in [0.1, 0.15) is 5.69 Å². The van der Waals surface area contributed by atoms with Gasteiger partial charge in [-0.2, -0.15) is 0 Å². The first-order valence-electron chi connectivity index (χ1n) is 4.77. The lowest BCUT2D eigenvalue weighted by molar-refractivity contribution is 0.0995. The Morgan fingerprint density at radius 1 is 1.57 bits per heavy atom. The zero-order valence-electron chi connectivity index (χ0n) is 7.86. The summed E-state index contributed by atoms with van der Waals surface area (Å²) in [6.45, 7) is 1.02. The molecule has 0 bridgehead atoms. The van der Waals surface area contributed by atoms with Crippen molar-refractivity contribution in [1.29, 1.82) is 0 Å².